The number of aromatic nitrogens is 2. The molecule has 1 atom stereocenters. The standard InChI is InChI=1S/C21H21N3O/c1-14-7-10-19-20(11-14)24-21(23-19)17-9-8-16(12-18(17)22)25-13-15-5-3-2-4-6-15/h2-8,10-12,17H,9,13,22H2,1H3,(H,23,24). The first-order chi connectivity index (χ1) is 12.2. The van der Waals surface area contributed by atoms with Crippen LogP contribution in [0.5, 0.6) is 0 Å². The van der Waals surface area contributed by atoms with Crippen molar-refractivity contribution in [1.29, 1.82) is 0 Å². The van der Waals surface area contributed by atoms with Crippen molar-refractivity contribution in [2.24, 2.45) is 5.73 Å². The molecule has 0 saturated heterocycles. The number of aryl methyl sites for hydroxylation is 1. The minimum absolute atomic E-state index is 0.0665. The predicted molar refractivity (Wildman–Crippen MR) is 99.8 cm³/mol. The van der Waals surface area contributed by atoms with E-state index in [1.165, 1.54) is 5.56 Å². The first-order valence-electron chi connectivity index (χ1n) is 8.49. The van der Waals surface area contributed by atoms with Crippen LogP contribution in [0.3, 0.4) is 0 Å². The van der Waals surface area contributed by atoms with Crippen molar-refractivity contribution < 1.29 is 4.74 Å². The van der Waals surface area contributed by atoms with Crippen molar-refractivity contribution >= 4 is 11.0 Å². The number of hydrogen-bond acceptors (Lipinski definition) is 3. The zero-order valence-corrected chi connectivity index (χ0v) is 14.2. The number of nitrogens with one attached hydrogen (secondary N) is 1. The van der Waals surface area contributed by atoms with E-state index in [1.54, 1.807) is 0 Å². The molecule has 3 aromatic rings. The summed E-state index contributed by atoms with van der Waals surface area (Å²) >= 11 is 0. The third kappa shape index (κ3) is 3.29. The average Bonchev–Trinajstić information content (AvgIpc) is 3.03. The Kier molecular flexibility index (Phi) is 4.02. The first kappa shape index (κ1) is 15.5. The van der Waals surface area contributed by atoms with E-state index in [9.17, 15) is 0 Å². The van der Waals surface area contributed by atoms with Crippen LogP contribution in [0.4, 0.5) is 0 Å². The SMILES string of the molecule is Cc1ccc2nc(C3CC=C(OCc4ccccc4)C=C3N)[nH]c2c1. The molecule has 0 fully saturated rings. The molecule has 1 heterocycles. The Labute approximate surface area is 147 Å². The normalized spacial score (nSPS) is 17.2. The molecule has 0 amide bonds. The minimum atomic E-state index is 0.0665. The van der Waals surface area contributed by atoms with Crippen LogP contribution in [0.25, 0.3) is 11.0 Å². The lowest BCUT2D eigenvalue weighted by atomic mass is 9.96. The highest BCUT2D eigenvalue weighted by Gasteiger charge is 2.21. The average molecular weight is 331 g/mol. The minimum Gasteiger partial charge on any atom is -0.489 e. The predicted octanol–water partition coefficient (Wildman–Crippen LogP) is 4.30. The van der Waals surface area contributed by atoms with Gasteiger partial charge in [-0.15, -0.1) is 0 Å². The summed E-state index contributed by atoms with van der Waals surface area (Å²) in [7, 11) is 0. The molecule has 0 spiro atoms. The van der Waals surface area contributed by atoms with E-state index < -0.39 is 0 Å². The van der Waals surface area contributed by atoms with Crippen LogP contribution in [0, 0.1) is 6.92 Å². The third-order valence-corrected chi connectivity index (χ3v) is 4.50. The number of benzene rings is 2. The molecule has 4 heteroatoms. The molecule has 25 heavy (non-hydrogen) atoms. The second kappa shape index (κ2) is 6.48. The van der Waals surface area contributed by atoms with E-state index in [-0.39, 0.29) is 5.92 Å². The van der Waals surface area contributed by atoms with Gasteiger partial charge in [0, 0.05) is 5.70 Å². The number of hydrogen-bond donors (Lipinski definition) is 2. The number of fused-ring (bicyclic) bond motifs is 1. The lowest BCUT2D eigenvalue weighted by Crippen LogP contribution is -2.15. The van der Waals surface area contributed by atoms with Crippen LogP contribution in [0.2, 0.25) is 0 Å². The Morgan fingerprint density at radius 3 is 2.84 bits per heavy atom. The number of nitrogens with two attached hydrogens (primary N) is 1. The molecule has 126 valence electrons. The number of allylic oxidation sites excluding steroid dienone is 3. The summed E-state index contributed by atoms with van der Waals surface area (Å²) in [6.45, 7) is 2.62. The van der Waals surface area contributed by atoms with Gasteiger partial charge in [0.2, 0.25) is 0 Å². The maximum Gasteiger partial charge on any atom is 0.117 e. The van der Waals surface area contributed by atoms with Gasteiger partial charge in [0.05, 0.1) is 17.0 Å². The van der Waals surface area contributed by atoms with Gasteiger partial charge in [-0.3, -0.25) is 0 Å². The molecule has 4 nitrogen and oxygen atoms in total. The summed E-state index contributed by atoms with van der Waals surface area (Å²) in [6.07, 6.45) is 4.78. The first-order valence-corrected chi connectivity index (χ1v) is 8.49. The van der Waals surface area contributed by atoms with Gasteiger partial charge in [0.25, 0.3) is 0 Å². The lowest BCUT2D eigenvalue weighted by Gasteiger charge is -2.19. The van der Waals surface area contributed by atoms with Crippen LogP contribution in [-0.2, 0) is 11.3 Å². The largest absolute Gasteiger partial charge is 0.489 e. The van der Waals surface area contributed by atoms with Crippen molar-refractivity contribution in [3.05, 3.63) is 89.1 Å². The number of H-pyrrole nitrogens is 1. The van der Waals surface area contributed by atoms with Gasteiger partial charge in [-0.25, -0.2) is 4.98 Å². The van der Waals surface area contributed by atoms with Gasteiger partial charge < -0.3 is 15.5 Å². The molecular weight excluding hydrogens is 310 g/mol. The molecule has 1 aliphatic rings. The van der Waals surface area contributed by atoms with Gasteiger partial charge >= 0.3 is 0 Å². The zero-order chi connectivity index (χ0) is 17.2. The van der Waals surface area contributed by atoms with Crippen LogP contribution in [0.15, 0.2) is 72.1 Å². The topological polar surface area (TPSA) is 63.9 Å². The van der Waals surface area contributed by atoms with Crippen LogP contribution in [-0.4, -0.2) is 9.97 Å². The smallest absolute Gasteiger partial charge is 0.117 e. The molecule has 3 N–H and O–H groups in total. The van der Waals surface area contributed by atoms with E-state index in [1.807, 2.05) is 30.3 Å². The van der Waals surface area contributed by atoms with E-state index in [0.717, 1.165) is 40.3 Å². The fraction of sp³-hybridized carbons (Fsp3) is 0.190. The number of ether oxygens (including phenoxy) is 1. The number of rotatable bonds is 4. The Bertz CT molecular complexity index is 954. The van der Waals surface area contributed by atoms with Crippen molar-refractivity contribution in [3.8, 4) is 0 Å². The third-order valence-electron chi connectivity index (χ3n) is 4.50. The molecule has 1 aliphatic carbocycles. The molecule has 4 rings (SSSR count). The number of aromatic amines is 1. The molecule has 0 saturated carbocycles. The fourth-order valence-corrected chi connectivity index (χ4v) is 3.11. The second-order valence-electron chi connectivity index (χ2n) is 6.46. The molecule has 2 aromatic carbocycles. The summed E-state index contributed by atoms with van der Waals surface area (Å²) in [6, 6.07) is 16.3. The Morgan fingerprint density at radius 2 is 2.04 bits per heavy atom. The fourth-order valence-electron chi connectivity index (χ4n) is 3.11. The maximum absolute atomic E-state index is 6.30. The molecule has 1 unspecified atom stereocenters. The zero-order valence-electron chi connectivity index (χ0n) is 14.2. The van der Waals surface area contributed by atoms with Crippen LogP contribution in [0.1, 0.15) is 29.3 Å². The van der Waals surface area contributed by atoms with Crippen molar-refractivity contribution in [3.63, 3.8) is 0 Å². The van der Waals surface area contributed by atoms with Crippen molar-refractivity contribution in [1.82, 2.24) is 9.97 Å². The van der Waals surface area contributed by atoms with E-state index in [4.69, 9.17) is 15.5 Å². The summed E-state index contributed by atoms with van der Waals surface area (Å²) in [5.74, 6) is 1.80. The second-order valence-corrected chi connectivity index (χ2v) is 6.46. The van der Waals surface area contributed by atoms with E-state index >= 15 is 0 Å². The molecular formula is C21H21N3O. The van der Waals surface area contributed by atoms with Crippen molar-refractivity contribution in [2.45, 2.75) is 25.9 Å². The number of nitrogens with zero attached hydrogens (tertiary/aromatic N) is 1. The molecule has 0 aliphatic heterocycles. The highest BCUT2D eigenvalue weighted by molar-refractivity contribution is 5.76. The van der Waals surface area contributed by atoms with Gasteiger partial charge in [-0.1, -0.05) is 36.4 Å². The highest BCUT2D eigenvalue weighted by atomic mass is 16.5. The van der Waals surface area contributed by atoms with Crippen molar-refractivity contribution in [2.75, 3.05) is 0 Å². The van der Waals surface area contributed by atoms with Gasteiger partial charge in [-0.05, 0) is 48.8 Å². The maximum atomic E-state index is 6.30. The van der Waals surface area contributed by atoms with E-state index in [2.05, 4.69) is 42.2 Å². The number of imidazole rings is 1. The van der Waals surface area contributed by atoms with Gasteiger partial charge in [-0.2, -0.15) is 0 Å². The van der Waals surface area contributed by atoms with Crippen LogP contribution >= 0.6 is 0 Å². The lowest BCUT2D eigenvalue weighted by molar-refractivity contribution is 0.208. The molecule has 1 aromatic heterocycles. The van der Waals surface area contributed by atoms with E-state index in [0.29, 0.717) is 6.61 Å². The quantitative estimate of drug-likeness (QED) is 0.749. The summed E-state index contributed by atoms with van der Waals surface area (Å²) in [5, 5.41) is 0. The summed E-state index contributed by atoms with van der Waals surface area (Å²) < 4.78 is 5.87. The molecule has 0 bridgehead atoms. The summed E-state index contributed by atoms with van der Waals surface area (Å²) in [5.41, 5.74) is 11.5. The van der Waals surface area contributed by atoms with Gasteiger partial charge in [0.1, 0.15) is 18.2 Å². The monoisotopic (exact) mass is 331 g/mol. The molecule has 0 radical (unpaired) electrons. The summed E-state index contributed by atoms with van der Waals surface area (Å²) in [4.78, 5) is 8.11. The Balaban J connectivity index is 1.48. The van der Waals surface area contributed by atoms with Crippen LogP contribution < -0.4 is 5.73 Å². The van der Waals surface area contributed by atoms with Gasteiger partial charge in [0.15, 0.2) is 0 Å². The Morgan fingerprint density at radius 1 is 1.20 bits per heavy atom. The highest BCUT2D eigenvalue weighted by Crippen LogP contribution is 2.30. The Hall–Kier alpha value is -3.01.